The third kappa shape index (κ3) is 3.75. The van der Waals surface area contributed by atoms with Gasteiger partial charge in [0.15, 0.2) is 6.10 Å². The molecule has 1 saturated heterocycles. The molecule has 1 aromatic carbocycles. The van der Waals surface area contributed by atoms with E-state index in [-0.39, 0.29) is 12.5 Å². The lowest BCUT2D eigenvalue weighted by Crippen LogP contribution is -2.49. The van der Waals surface area contributed by atoms with Gasteiger partial charge in [0, 0.05) is 6.42 Å². The summed E-state index contributed by atoms with van der Waals surface area (Å²) in [5.41, 5.74) is 6.32. The van der Waals surface area contributed by atoms with Crippen LogP contribution in [0.1, 0.15) is 20.3 Å². The number of benzene rings is 1. The van der Waals surface area contributed by atoms with Gasteiger partial charge in [-0.2, -0.15) is 0 Å². The fourth-order valence-electron chi connectivity index (χ4n) is 2.16. The second kappa shape index (κ2) is 7.24. The van der Waals surface area contributed by atoms with Crippen LogP contribution in [-0.2, 0) is 19.2 Å². The van der Waals surface area contributed by atoms with E-state index in [4.69, 9.17) is 15.3 Å². The number of esters is 1. The van der Waals surface area contributed by atoms with Crippen molar-refractivity contribution in [3.8, 4) is 0 Å². The third-order valence-electron chi connectivity index (χ3n) is 3.24. The Morgan fingerprint density at radius 1 is 1.45 bits per heavy atom. The molecular weight excluding hydrogens is 286 g/mol. The van der Waals surface area contributed by atoms with E-state index in [0.29, 0.717) is 6.42 Å². The SMILES string of the molecule is CCOC(=O)[C@H]1C[C@@H](NC(=O)[C@H](C)N)N(c2ccccc2)O1. The van der Waals surface area contributed by atoms with Crippen molar-refractivity contribution in [2.45, 2.75) is 38.6 Å². The average Bonchev–Trinajstić information content (AvgIpc) is 2.92. The van der Waals surface area contributed by atoms with Crippen molar-refractivity contribution in [2.75, 3.05) is 11.7 Å². The number of rotatable bonds is 5. The van der Waals surface area contributed by atoms with Crippen molar-refractivity contribution in [3.05, 3.63) is 30.3 Å². The van der Waals surface area contributed by atoms with Crippen molar-refractivity contribution >= 4 is 17.6 Å². The van der Waals surface area contributed by atoms with Gasteiger partial charge in [-0.25, -0.2) is 9.86 Å². The molecule has 2 rings (SSSR count). The minimum Gasteiger partial charge on any atom is -0.464 e. The molecular formula is C15H21N3O4. The number of carbonyl (C=O) groups excluding carboxylic acids is 2. The highest BCUT2D eigenvalue weighted by atomic mass is 16.7. The molecule has 0 aliphatic carbocycles. The Bertz CT molecular complexity index is 521. The van der Waals surface area contributed by atoms with E-state index in [1.165, 1.54) is 5.06 Å². The van der Waals surface area contributed by atoms with Gasteiger partial charge in [-0.05, 0) is 26.0 Å². The van der Waals surface area contributed by atoms with Crippen molar-refractivity contribution < 1.29 is 19.2 Å². The third-order valence-corrected chi connectivity index (χ3v) is 3.24. The standard InChI is InChI=1S/C15H21N3O4/c1-3-21-15(20)12-9-13(17-14(19)10(2)16)18(22-12)11-7-5-4-6-8-11/h4-8,10,12-13H,3,9,16H2,1-2H3,(H,17,19)/t10-,12+,13-/m0/s1. The number of nitrogens with two attached hydrogens (primary N) is 1. The molecule has 0 aromatic heterocycles. The number of para-hydroxylation sites is 1. The zero-order valence-electron chi connectivity index (χ0n) is 12.7. The van der Waals surface area contributed by atoms with Crippen LogP contribution in [0.4, 0.5) is 5.69 Å². The summed E-state index contributed by atoms with van der Waals surface area (Å²) in [5, 5.41) is 4.30. The summed E-state index contributed by atoms with van der Waals surface area (Å²) in [7, 11) is 0. The van der Waals surface area contributed by atoms with Crippen LogP contribution < -0.4 is 16.1 Å². The van der Waals surface area contributed by atoms with Crippen LogP contribution in [0, 0.1) is 0 Å². The molecule has 0 saturated carbocycles. The van der Waals surface area contributed by atoms with E-state index in [0.717, 1.165) is 5.69 Å². The second-order valence-corrected chi connectivity index (χ2v) is 5.06. The Morgan fingerprint density at radius 2 is 2.14 bits per heavy atom. The minimum absolute atomic E-state index is 0.279. The molecule has 1 aliphatic rings. The van der Waals surface area contributed by atoms with E-state index in [9.17, 15) is 9.59 Å². The molecule has 0 unspecified atom stereocenters. The summed E-state index contributed by atoms with van der Waals surface area (Å²) in [6.45, 7) is 3.61. The molecule has 3 N–H and O–H groups in total. The van der Waals surface area contributed by atoms with Crippen LogP contribution in [0.2, 0.25) is 0 Å². The Balaban J connectivity index is 2.15. The first-order valence-electron chi connectivity index (χ1n) is 7.26. The van der Waals surface area contributed by atoms with Gasteiger partial charge in [0.25, 0.3) is 0 Å². The molecule has 120 valence electrons. The average molecular weight is 307 g/mol. The maximum Gasteiger partial charge on any atom is 0.338 e. The molecule has 1 heterocycles. The smallest absolute Gasteiger partial charge is 0.338 e. The molecule has 0 bridgehead atoms. The lowest BCUT2D eigenvalue weighted by Gasteiger charge is -2.25. The quantitative estimate of drug-likeness (QED) is 0.772. The highest BCUT2D eigenvalue weighted by Crippen LogP contribution is 2.27. The van der Waals surface area contributed by atoms with Crippen molar-refractivity contribution in [3.63, 3.8) is 0 Å². The maximum atomic E-state index is 11.9. The van der Waals surface area contributed by atoms with Crippen LogP contribution in [-0.4, -0.2) is 36.8 Å². The van der Waals surface area contributed by atoms with Crippen molar-refractivity contribution in [1.29, 1.82) is 0 Å². The first-order chi connectivity index (χ1) is 10.5. The van der Waals surface area contributed by atoms with E-state index in [1.54, 1.807) is 13.8 Å². The molecule has 1 aliphatic heterocycles. The fraction of sp³-hybridized carbons (Fsp3) is 0.467. The van der Waals surface area contributed by atoms with Crippen molar-refractivity contribution in [1.82, 2.24) is 5.32 Å². The Hall–Kier alpha value is -2.12. The van der Waals surface area contributed by atoms with E-state index < -0.39 is 24.3 Å². The summed E-state index contributed by atoms with van der Waals surface area (Å²) < 4.78 is 4.98. The van der Waals surface area contributed by atoms with Crippen molar-refractivity contribution in [2.24, 2.45) is 5.73 Å². The maximum absolute atomic E-state index is 11.9. The Kier molecular flexibility index (Phi) is 5.35. The first kappa shape index (κ1) is 16.3. The van der Waals surface area contributed by atoms with Crippen LogP contribution in [0.25, 0.3) is 0 Å². The Morgan fingerprint density at radius 3 is 2.73 bits per heavy atom. The molecule has 7 heteroatoms. The predicted octanol–water partition coefficient (Wildman–Crippen LogP) is 0.550. The van der Waals surface area contributed by atoms with Gasteiger partial charge in [-0.3, -0.25) is 9.63 Å². The second-order valence-electron chi connectivity index (χ2n) is 5.06. The zero-order valence-corrected chi connectivity index (χ0v) is 12.7. The summed E-state index contributed by atoms with van der Waals surface area (Å²) in [5.74, 6) is -0.750. The van der Waals surface area contributed by atoms with E-state index in [1.807, 2.05) is 30.3 Å². The monoisotopic (exact) mass is 307 g/mol. The van der Waals surface area contributed by atoms with Crippen LogP contribution in [0.15, 0.2) is 30.3 Å². The highest BCUT2D eigenvalue weighted by Gasteiger charge is 2.39. The fourth-order valence-corrected chi connectivity index (χ4v) is 2.16. The number of ether oxygens (including phenoxy) is 1. The summed E-state index contributed by atoms with van der Waals surface area (Å²) in [6, 6.07) is 8.59. The summed E-state index contributed by atoms with van der Waals surface area (Å²) >= 11 is 0. The first-order valence-corrected chi connectivity index (χ1v) is 7.26. The molecule has 3 atom stereocenters. The molecule has 7 nitrogen and oxygen atoms in total. The van der Waals surface area contributed by atoms with Gasteiger partial charge in [-0.1, -0.05) is 18.2 Å². The van der Waals surface area contributed by atoms with Crippen LogP contribution in [0.3, 0.4) is 0 Å². The van der Waals surface area contributed by atoms with E-state index in [2.05, 4.69) is 5.32 Å². The van der Waals surface area contributed by atoms with E-state index >= 15 is 0 Å². The minimum atomic E-state index is -0.751. The van der Waals surface area contributed by atoms with Gasteiger partial charge >= 0.3 is 5.97 Å². The highest BCUT2D eigenvalue weighted by molar-refractivity contribution is 5.82. The molecule has 22 heavy (non-hydrogen) atoms. The lowest BCUT2D eigenvalue weighted by atomic mass is 10.2. The van der Waals surface area contributed by atoms with Gasteiger partial charge in [0.05, 0.1) is 18.3 Å². The zero-order chi connectivity index (χ0) is 16.1. The number of hydrogen-bond donors (Lipinski definition) is 2. The number of nitrogens with zero attached hydrogens (tertiary/aromatic N) is 1. The number of anilines is 1. The molecule has 1 aromatic rings. The van der Waals surface area contributed by atoms with Gasteiger partial charge < -0.3 is 15.8 Å². The van der Waals surface area contributed by atoms with Crippen LogP contribution >= 0.6 is 0 Å². The number of carbonyl (C=O) groups is 2. The van der Waals surface area contributed by atoms with Crippen LogP contribution in [0.5, 0.6) is 0 Å². The number of nitrogens with one attached hydrogen (secondary N) is 1. The number of hydroxylamine groups is 1. The van der Waals surface area contributed by atoms with Gasteiger partial charge in [0.1, 0.15) is 6.17 Å². The lowest BCUT2D eigenvalue weighted by molar-refractivity contribution is -0.154. The van der Waals surface area contributed by atoms with Gasteiger partial charge in [-0.15, -0.1) is 0 Å². The molecule has 1 fully saturated rings. The molecule has 0 radical (unpaired) electrons. The Labute approximate surface area is 129 Å². The topological polar surface area (TPSA) is 93.9 Å². The normalized spacial score (nSPS) is 22.2. The molecule has 0 spiro atoms. The summed E-state index contributed by atoms with van der Waals surface area (Å²) in [6.07, 6.45) is -0.930. The largest absolute Gasteiger partial charge is 0.464 e. The molecule has 1 amide bonds. The van der Waals surface area contributed by atoms with Gasteiger partial charge in [0.2, 0.25) is 5.91 Å². The number of amides is 1. The summed E-state index contributed by atoms with van der Waals surface area (Å²) in [4.78, 5) is 29.4. The number of hydrogen-bond acceptors (Lipinski definition) is 6. The predicted molar refractivity (Wildman–Crippen MR) is 80.6 cm³/mol.